The summed E-state index contributed by atoms with van der Waals surface area (Å²) >= 11 is 0.348. The third-order valence-corrected chi connectivity index (χ3v) is 2.79. The van der Waals surface area contributed by atoms with Gasteiger partial charge in [0.05, 0.1) is 0 Å². The summed E-state index contributed by atoms with van der Waals surface area (Å²) in [6.45, 7) is 1.90. The second-order valence-corrected chi connectivity index (χ2v) is 4.18. The van der Waals surface area contributed by atoms with Crippen molar-refractivity contribution in [2.24, 2.45) is 0 Å². The minimum absolute atomic E-state index is 0.153. The summed E-state index contributed by atoms with van der Waals surface area (Å²) in [7, 11) is 1.32. The van der Waals surface area contributed by atoms with Crippen molar-refractivity contribution in [2.75, 3.05) is 7.11 Å². The Hall–Kier alpha value is -0.0105. The zero-order valence-electron chi connectivity index (χ0n) is 6.88. The molecule has 3 heteroatoms. The number of carbonyl (C=O) groups is 1. The van der Waals surface area contributed by atoms with E-state index >= 15 is 0 Å². The van der Waals surface area contributed by atoms with E-state index in [-0.39, 0.29) is 4.82 Å². The molecule has 0 rings (SSSR count). The van der Waals surface area contributed by atoms with Crippen molar-refractivity contribution in [3.63, 3.8) is 0 Å². The second-order valence-electron chi connectivity index (χ2n) is 1.63. The van der Waals surface area contributed by atoms with Gasteiger partial charge in [-0.25, -0.2) is 0 Å². The first kappa shape index (κ1) is 7.10. The minimum atomic E-state index is -0.685. The summed E-state index contributed by atoms with van der Waals surface area (Å²) in [5, 5.41) is 0. The van der Waals surface area contributed by atoms with Gasteiger partial charge in [0.1, 0.15) is 0 Å². The van der Waals surface area contributed by atoms with Crippen LogP contribution < -0.4 is 0 Å². The Morgan fingerprint density at radius 2 is 2.56 bits per heavy atom. The molecule has 0 aromatic heterocycles. The van der Waals surface area contributed by atoms with E-state index in [0.717, 1.165) is 0 Å². The molecule has 0 spiro atoms. The molecule has 0 aliphatic carbocycles. The monoisotopic (exact) mass is 197 g/mol. The van der Waals surface area contributed by atoms with E-state index in [1.807, 2.05) is 12.7 Å². The van der Waals surface area contributed by atoms with E-state index in [9.17, 15) is 4.79 Å². The van der Waals surface area contributed by atoms with Crippen molar-refractivity contribution < 1.29 is 10.9 Å². The fourth-order valence-electron chi connectivity index (χ4n) is 0.328. The quantitative estimate of drug-likeness (QED) is 0.499. The zero-order chi connectivity index (χ0) is 8.15. The van der Waals surface area contributed by atoms with Gasteiger partial charge < -0.3 is 0 Å². The molecular weight excluding hydrogens is 183 g/mol. The fraction of sp³-hybridized carbons (Fsp3) is 0.833. The molecule has 0 aromatic rings. The Morgan fingerprint density at radius 3 is 2.89 bits per heavy atom. The zero-order valence-corrected chi connectivity index (χ0v) is 7.59. The number of methoxy groups -OCH3 is 1. The third-order valence-electron chi connectivity index (χ3n) is 0.944. The summed E-state index contributed by atoms with van der Waals surface area (Å²) in [6, 6.07) is 0. The topological polar surface area (TPSA) is 26.3 Å². The van der Waals surface area contributed by atoms with Gasteiger partial charge in [0.15, 0.2) is 0 Å². The van der Waals surface area contributed by atoms with Crippen LogP contribution in [0.3, 0.4) is 0 Å². The second kappa shape index (κ2) is 4.83. The van der Waals surface area contributed by atoms with Crippen LogP contribution in [0.5, 0.6) is 0 Å². The van der Waals surface area contributed by atoms with Crippen LogP contribution in [-0.4, -0.2) is 28.0 Å². The summed E-state index contributed by atoms with van der Waals surface area (Å²) in [5.41, 5.74) is 0. The maximum atomic E-state index is 10.7. The molecule has 0 saturated heterocycles. The van der Waals surface area contributed by atoms with E-state index in [1.54, 1.807) is 0 Å². The molecule has 0 aliphatic rings. The van der Waals surface area contributed by atoms with Gasteiger partial charge in [0.25, 0.3) is 0 Å². The van der Waals surface area contributed by atoms with E-state index in [1.165, 1.54) is 7.11 Å². The SMILES string of the molecule is [2H][C@H](C(=O)OC)[C@H](C)[Se]C. The molecule has 0 aliphatic heterocycles. The van der Waals surface area contributed by atoms with Crippen molar-refractivity contribution in [1.29, 1.82) is 0 Å². The number of hydrogen-bond acceptors (Lipinski definition) is 2. The predicted molar refractivity (Wildman–Crippen MR) is 37.7 cm³/mol. The van der Waals surface area contributed by atoms with Crippen LogP contribution >= 0.6 is 0 Å². The molecule has 0 bridgehead atoms. The number of ether oxygens (including phenoxy) is 1. The molecule has 0 fully saturated rings. The van der Waals surface area contributed by atoms with Crippen LogP contribution in [0.4, 0.5) is 0 Å². The number of hydrogen-bond donors (Lipinski definition) is 0. The number of esters is 1. The maximum absolute atomic E-state index is 10.7. The van der Waals surface area contributed by atoms with E-state index in [4.69, 9.17) is 1.37 Å². The van der Waals surface area contributed by atoms with Crippen LogP contribution in [0.25, 0.3) is 0 Å². The van der Waals surface area contributed by atoms with Crippen molar-refractivity contribution in [2.45, 2.75) is 24.0 Å². The van der Waals surface area contributed by atoms with Crippen LogP contribution in [0.2, 0.25) is 10.6 Å². The Morgan fingerprint density at radius 1 is 2.00 bits per heavy atom. The molecule has 0 radical (unpaired) electrons. The molecule has 0 saturated carbocycles. The first-order chi connectivity index (χ1) is 4.63. The molecule has 9 heavy (non-hydrogen) atoms. The Bertz CT molecular complexity index is 118. The van der Waals surface area contributed by atoms with Crippen molar-refractivity contribution in [3.05, 3.63) is 0 Å². The summed E-state index contributed by atoms with van der Waals surface area (Å²) in [4.78, 5) is 10.9. The number of carbonyl (C=O) groups excluding carboxylic acids is 1. The molecule has 0 unspecified atom stereocenters. The molecule has 0 aromatic carbocycles. The van der Waals surface area contributed by atoms with E-state index in [0.29, 0.717) is 15.0 Å². The normalized spacial score (nSPS) is 17.9. The van der Waals surface area contributed by atoms with Crippen molar-refractivity contribution in [3.8, 4) is 0 Å². The molecule has 2 nitrogen and oxygen atoms in total. The first-order valence-electron chi connectivity index (χ1n) is 3.24. The van der Waals surface area contributed by atoms with Crippen LogP contribution in [0, 0.1) is 0 Å². The third kappa shape index (κ3) is 4.49. The van der Waals surface area contributed by atoms with Gasteiger partial charge in [-0.1, -0.05) is 0 Å². The van der Waals surface area contributed by atoms with E-state index < -0.39 is 12.4 Å². The van der Waals surface area contributed by atoms with Gasteiger partial charge in [0.2, 0.25) is 0 Å². The van der Waals surface area contributed by atoms with Crippen LogP contribution in [-0.2, 0) is 9.53 Å². The van der Waals surface area contributed by atoms with Gasteiger partial charge >= 0.3 is 62.9 Å². The molecule has 0 heterocycles. The predicted octanol–water partition coefficient (Wildman–Crippen LogP) is 1.11. The van der Waals surface area contributed by atoms with Gasteiger partial charge in [-0.3, -0.25) is 0 Å². The Labute approximate surface area is 63.5 Å². The van der Waals surface area contributed by atoms with Crippen LogP contribution in [0.15, 0.2) is 0 Å². The molecule has 2 atom stereocenters. The van der Waals surface area contributed by atoms with Gasteiger partial charge in [-0.05, 0) is 0 Å². The Balaban J connectivity index is 3.81. The van der Waals surface area contributed by atoms with Crippen molar-refractivity contribution in [1.82, 2.24) is 0 Å². The molecular formula is C6H12O2Se. The summed E-state index contributed by atoms with van der Waals surface area (Å²) < 4.78 is 11.7. The van der Waals surface area contributed by atoms with Gasteiger partial charge in [-0.2, -0.15) is 0 Å². The average Bonchev–Trinajstić information content (AvgIpc) is 2.00. The number of rotatable bonds is 3. The molecule has 0 amide bonds. The molecule has 54 valence electrons. The standard InChI is InChI=1S/C6H12O2Se/c1-5(9-3)4-6(7)8-2/h5H,4H2,1-3H3/t5-/m0/s1/i4D/t4-,5-. The van der Waals surface area contributed by atoms with Crippen LogP contribution in [0.1, 0.15) is 14.7 Å². The summed E-state index contributed by atoms with van der Waals surface area (Å²) in [5.74, 6) is 1.60. The fourth-order valence-corrected chi connectivity index (χ4v) is 0.846. The summed E-state index contributed by atoms with van der Waals surface area (Å²) in [6.07, 6.45) is -0.685. The Kier molecular flexibility index (Phi) is 3.81. The van der Waals surface area contributed by atoms with E-state index in [2.05, 4.69) is 4.74 Å². The van der Waals surface area contributed by atoms with Crippen molar-refractivity contribution >= 4 is 20.9 Å². The van der Waals surface area contributed by atoms with Gasteiger partial charge in [0, 0.05) is 0 Å². The average molecular weight is 196 g/mol. The first-order valence-corrected chi connectivity index (χ1v) is 5.36. The molecule has 0 N–H and O–H groups in total. The van der Waals surface area contributed by atoms with Gasteiger partial charge in [-0.15, -0.1) is 0 Å².